The van der Waals surface area contributed by atoms with Gasteiger partial charge in [-0.1, -0.05) is 5.16 Å². The van der Waals surface area contributed by atoms with Gasteiger partial charge in [-0.2, -0.15) is 0 Å². The number of amides is 1. The summed E-state index contributed by atoms with van der Waals surface area (Å²) >= 11 is 5.10. The van der Waals surface area contributed by atoms with Gasteiger partial charge >= 0.3 is 0 Å². The van der Waals surface area contributed by atoms with E-state index in [1.807, 2.05) is 24.3 Å². The zero-order valence-electron chi connectivity index (χ0n) is 11.5. The SMILES string of the molecule is Cc1cc(NC(=O)C(C)N(C)Cc2cc(Br)cs2)no1. The van der Waals surface area contributed by atoms with Crippen LogP contribution < -0.4 is 5.32 Å². The van der Waals surface area contributed by atoms with Crippen molar-refractivity contribution in [2.45, 2.75) is 26.4 Å². The van der Waals surface area contributed by atoms with Crippen molar-refractivity contribution in [2.24, 2.45) is 0 Å². The van der Waals surface area contributed by atoms with E-state index in [2.05, 4.69) is 32.5 Å². The monoisotopic (exact) mass is 357 g/mol. The van der Waals surface area contributed by atoms with Gasteiger partial charge in [0.15, 0.2) is 5.82 Å². The second kappa shape index (κ2) is 6.51. The molecule has 108 valence electrons. The Morgan fingerprint density at radius 1 is 1.60 bits per heavy atom. The van der Waals surface area contributed by atoms with Gasteiger partial charge in [0.2, 0.25) is 5.91 Å². The predicted octanol–water partition coefficient (Wildman–Crippen LogP) is 3.27. The largest absolute Gasteiger partial charge is 0.360 e. The Kier molecular flexibility index (Phi) is 4.95. The molecule has 0 aromatic carbocycles. The van der Waals surface area contributed by atoms with E-state index in [1.165, 1.54) is 4.88 Å². The molecule has 1 N–H and O–H groups in total. The van der Waals surface area contributed by atoms with Crippen molar-refractivity contribution in [2.75, 3.05) is 12.4 Å². The minimum absolute atomic E-state index is 0.101. The van der Waals surface area contributed by atoms with Gasteiger partial charge in [-0.3, -0.25) is 9.69 Å². The van der Waals surface area contributed by atoms with Crippen molar-refractivity contribution < 1.29 is 9.32 Å². The first-order valence-corrected chi connectivity index (χ1v) is 7.80. The molecule has 0 aliphatic rings. The quantitative estimate of drug-likeness (QED) is 0.891. The molecule has 1 amide bonds. The molecule has 5 nitrogen and oxygen atoms in total. The number of thiophene rings is 1. The number of anilines is 1. The van der Waals surface area contributed by atoms with Gasteiger partial charge in [0.1, 0.15) is 5.76 Å². The van der Waals surface area contributed by atoms with Crippen LogP contribution in [0.15, 0.2) is 26.5 Å². The van der Waals surface area contributed by atoms with Gasteiger partial charge in [-0.05, 0) is 42.9 Å². The number of nitrogens with one attached hydrogen (secondary N) is 1. The molecule has 1 atom stereocenters. The van der Waals surface area contributed by atoms with Gasteiger partial charge in [0.05, 0.1) is 6.04 Å². The van der Waals surface area contributed by atoms with E-state index in [-0.39, 0.29) is 11.9 Å². The van der Waals surface area contributed by atoms with Gasteiger partial charge < -0.3 is 9.84 Å². The summed E-state index contributed by atoms with van der Waals surface area (Å²) < 4.78 is 5.99. The van der Waals surface area contributed by atoms with Crippen molar-refractivity contribution >= 4 is 39.0 Å². The van der Waals surface area contributed by atoms with Crippen molar-refractivity contribution in [3.8, 4) is 0 Å². The first-order valence-electron chi connectivity index (χ1n) is 6.13. The molecule has 2 aromatic heterocycles. The Hall–Kier alpha value is -1.18. The van der Waals surface area contributed by atoms with E-state index < -0.39 is 0 Å². The fourth-order valence-corrected chi connectivity index (χ4v) is 3.19. The highest BCUT2D eigenvalue weighted by atomic mass is 79.9. The molecule has 2 heterocycles. The highest BCUT2D eigenvalue weighted by molar-refractivity contribution is 9.10. The topological polar surface area (TPSA) is 58.4 Å². The van der Waals surface area contributed by atoms with E-state index in [4.69, 9.17) is 4.52 Å². The molecule has 2 rings (SSSR count). The maximum Gasteiger partial charge on any atom is 0.242 e. The Morgan fingerprint density at radius 2 is 2.35 bits per heavy atom. The summed E-state index contributed by atoms with van der Waals surface area (Å²) in [5.41, 5.74) is 0. The minimum Gasteiger partial charge on any atom is -0.360 e. The van der Waals surface area contributed by atoms with Crippen molar-refractivity contribution in [3.63, 3.8) is 0 Å². The minimum atomic E-state index is -0.257. The second-order valence-corrected chi connectivity index (χ2v) is 6.55. The van der Waals surface area contributed by atoms with Crippen LogP contribution in [0.3, 0.4) is 0 Å². The smallest absolute Gasteiger partial charge is 0.242 e. The molecular weight excluding hydrogens is 342 g/mol. The number of likely N-dealkylation sites (N-methyl/N-ethyl adjacent to an activating group) is 1. The molecule has 1 unspecified atom stereocenters. The third-order valence-corrected chi connectivity index (χ3v) is 4.63. The summed E-state index contributed by atoms with van der Waals surface area (Å²) in [6, 6.07) is 3.50. The Labute approximate surface area is 130 Å². The highest BCUT2D eigenvalue weighted by Gasteiger charge is 2.19. The number of hydrogen-bond acceptors (Lipinski definition) is 5. The lowest BCUT2D eigenvalue weighted by Gasteiger charge is -2.22. The average Bonchev–Trinajstić information content (AvgIpc) is 2.97. The molecule has 0 saturated heterocycles. The number of aryl methyl sites for hydroxylation is 1. The molecule has 7 heteroatoms. The summed E-state index contributed by atoms with van der Waals surface area (Å²) in [5.74, 6) is 1.02. The maximum absolute atomic E-state index is 12.1. The zero-order chi connectivity index (χ0) is 14.7. The lowest BCUT2D eigenvalue weighted by atomic mass is 10.2. The fourth-order valence-electron chi connectivity index (χ4n) is 1.68. The zero-order valence-corrected chi connectivity index (χ0v) is 13.9. The van der Waals surface area contributed by atoms with Crippen LogP contribution in [-0.4, -0.2) is 29.1 Å². The van der Waals surface area contributed by atoms with Crippen LogP contribution in [-0.2, 0) is 11.3 Å². The van der Waals surface area contributed by atoms with E-state index in [9.17, 15) is 4.79 Å². The summed E-state index contributed by atoms with van der Waals surface area (Å²) in [5, 5.41) is 8.53. The molecule has 0 bridgehead atoms. The van der Waals surface area contributed by atoms with Crippen LogP contribution in [0.2, 0.25) is 0 Å². The summed E-state index contributed by atoms with van der Waals surface area (Å²) in [6.07, 6.45) is 0. The van der Waals surface area contributed by atoms with Crippen LogP contribution in [0.4, 0.5) is 5.82 Å². The lowest BCUT2D eigenvalue weighted by molar-refractivity contribution is -0.120. The Balaban J connectivity index is 1.92. The third kappa shape index (κ3) is 3.91. The number of hydrogen-bond donors (Lipinski definition) is 1. The number of carbonyl (C=O) groups is 1. The fraction of sp³-hybridized carbons (Fsp3) is 0.385. The van der Waals surface area contributed by atoms with Crippen molar-refractivity contribution in [1.29, 1.82) is 0 Å². The second-order valence-electron chi connectivity index (χ2n) is 4.63. The van der Waals surface area contributed by atoms with Gasteiger partial charge in [-0.15, -0.1) is 11.3 Å². The summed E-state index contributed by atoms with van der Waals surface area (Å²) in [7, 11) is 1.92. The Morgan fingerprint density at radius 3 is 2.90 bits per heavy atom. The number of carbonyl (C=O) groups excluding carboxylic acids is 1. The third-order valence-electron chi connectivity index (χ3n) is 2.95. The van der Waals surface area contributed by atoms with Crippen LogP contribution in [0, 0.1) is 6.92 Å². The molecule has 0 aliphatic carbocycles. The van der Waals surface area contributed by atoms with Gasteiger partial charge in [0, 0.05) is 27.3 Å². The molecule has 2 aromatic rings. The van der Waals surface area contributed by atoms with Crippen molar-refractivity contribution in [1.82, 2.24) is 10.1 Å². The first-order chi connectivity index (χ1) is 9.45. The number of nitrogens with zero attached hydrogens (tertiary/aromatic N) is 2. The molecule has 0 saturated carbocycles. The molecular formula is C13H16BrN3O2S. The van der Waals surface area contributed by atoms with E-state index >= 15 is 0 Å². The summed E-state index contributed by atoms with van der Waals surface area (Å²) in [6.45, 7) is 4.38. The molecule has 0 radical (unpaired) electrons. The lowest BCUT2D eigenvalue weighted by Crippen LogP contribution is -2.39. The van der Waals surface area contributed by atoms with Crippen LogP contribution >= 0.6 is 27.3 Å². The number of halogens is 1. The van der Waals surface area contributed by atoms with E-state index in [0.29, 0.717) is 11.6 Å². The highest BCUT2D eigenvalue weighted by Crippen LogP contribution is 2.21. The van der Waals surface area contributed by atoms with Crippen LogP contribution in [0.25, 0.3) is 0 Å². The molecule has 0 spiro atoms. The van der Waals surface area contributed by atoms with Gasteiger partial charge in [-0.25, -0.2) is 0 Å². The average molecular weight is 358 g/mol. The number of rotatable bonds is 5. The van der Waals surface area contributed by atoms with Gasteiger partial charge in [0.25, 0.3) is 0 Å². The van der Waals surface area contributed by atoms with Crippen LogP contribution in [0.5, 0.6) is 0 Å². The molecule has 20 heavy (non-hydrogen) atoms. The predicted molar refractivity (Wildman–Crippen MR) is 82.8 cm³/mol. The standard InChI is InChI=1S/C13H16BrN3O2S/c1-8-4-12(16-19-8)15-13(18)9(2)17(3)6-11-5-10(14)7-20-11/h4-5,7,9H,6H2,1-3H3,(H,15,16,18). The first kappa shape index (κ1) is 15.2. The van der Waals surface area contributed by atoms with E-state index in [1.54, 1.807) is 24.3 Å². The number of aromatic nitrogens is 1. The Bertz CT molecular complexity index is 596. The van der Waals surface area contributed by atoms with E-state index in [0.717, 1.165) is 11.0 Å². The molecule has 0 fully saturated rings. The summed E-state index contributed by atoms with van der Waals surface area (Å²) in [4.78, 5) is 15.3. The van der Waals surface area contributed by atoms with Crippen LogP contribution in [0.1, 0.15) is 17.6 Å². The normalized spacial score (nSPS) is 12.7. The molecule has 0 aliphatic heterocycles. The maximum atomic E-state index is 12.1. The van der Waals surface area contributed by atoms with Crippen molar-refractivity contribution in [3.05, 3.63) is 32.6 Å².